The van der Waals surface area contributed by atoms with Gasteiger partial charge in [-0.1, -0.05) is 6.92 Å². The molecule has 0 aromatic heterocycles. The van der Waals surface area contributed by atoms with Crippen LogP contribution in [0.5, 0.6) is 0 Å². The Morgan fingerprint density at radius 3 is 2.36 bits per heavy atom. The van der Waals surface area contributed by atoms with Gasteiger partial charge in [-0.25, -0.2) is 8.78 Å². The van der Waals surface area contributed by atoms with Crippen LogP contribution >= 0.6 is 0 Å². The summed E-state index contributed by atoms with van der Waals surface area (Å²) in [7, 11) is 0. The van der Waals surface area contributed by atoms with E-state index in [0.29, 0.717) is 18.7 Å². The van der Waals surface area contributed by atoms with Gasteiger partial charge in [0.15, 0.2) is 0 Å². The maximum Gasteiger partial charge on any atom is 0.128 e. The lowest BCUT2D eigenvalue weighted by Crippen LogP contribution is -2.18. The van der Waals surface area contributed by atoms with Gasteiger partial charge in [-0.3, -0.25) is 0 Å². The normalized spacial score (nSPS) is 12.6. The largest absolute Gasteiger partial charge is 0.391 e. The van der Waals surface area contributed by atoms with Crippen molar-refractivity contribution in [2.45, 2.75) is 19.4 Å². The highest BCUT2D eigenvalue weighted by Gasteiger charge is 2.02. The van der Waals surface area contributed by atoms with Crippen LogP contribution < -0.4 is 5.32 Å². The SMILES string of the molecule is CCC(O)CNc1cc(F)cc(F)c1. The molecule has 1 aromatic carbocycles. The molecule has 4 heteroatoms. The molecule has 1 aromatic rings. The molecule has 2 N–H and O–H groups in total. The Balaban J connectivity index is 2.58. The van der Waals surface area contributed by atoms with E-state index in [-0.39, 0.29) is 0 Å². The lowest BCUT2D eigenvalue weighted by Gasteiger charge is -2.10. The van der Waals surface area contributed by atoms with Gasteiger partial charge >= 0.3 is 0 Å². The topological polar surface area (TPSA) is 32.3 Å². The van der Waals surface area contributed by atoms with E-state index < -0.39 is 17.7 Å². The quantitative estimate of drug-likeness (QED) is 0.782. The van der Waals surface area contributed by atoms with Gasteiger partial charge in [-0.05, 0) is 18.6 Å². The Morgan fingerprint density at radius 2 is 1.86 bits per heavy atom. The first-order valence-corrected chi connectivity index (χ1v) is 4.50. The van der Waals surface area contributed by atoms with Gasteiger partial charge in [-0.2, -0.15) is 0 Å². The van der Waals surface area contributed by atoms with Crippen LogP contribution in [0.15, 0.2) is 18.2 Å². The highest BCUT2D eigenvalue weighted by molar-refractivity contribution is 5.43. The van der Waals surface area contributed by atoms with E-state index in [0.717, 1.165) is 6.07 Å². The van der Waals surface area contributed by atoms with Crippen molar-refractivity contribution in [1.29, 1.82) is 0 Å². The van der Waals surface area contributed by atoms with Gasteiger partial charge in [0.25, 0.3) is 0 Å². The Hall–Kier alpha value is -1.16. The van der Waals surface area contributed by atoms with E-state index in [4.69, 9.17) is 0 Å². The summed E-state index contributed by atoms with van der Waals surface area (Å²) in [5.74, 6) is -1.25. The van der Waals surface area contributed by atoms with Crippen LogP contribution in [0.25, 0.3) is 0 Å². The fourth-order valence-corrected chi connectivity index (χ4v) is 1.04. The van der Waals surface area contributed by atoms with Gasteiger partial charge in [0.2, 0.25) is 0 Å². The van der Waals surface area contributed by atoms with E-state index in [1.54, 1.807) is 0 Å². The molecule has 0 radical (unpaired) electrons. The minimum atomic E-state index is -0.626. The number of hydrogen-bond acceptors (Lipinski definition) is 2. The number of nitrogens with one attached hydrogen (secondary N) is 1. The summed E-state index contributed by atoms with van der Waals surface area (Å²) >= 11 is 0. The van der Waals surface area contributed by atoms with E-state index in [1.165, 1.54) is 12.1 Å². The second-order valence-electron chi connectivity index (χ2n) is 3.10. The first-order chi connectivity index (χ1) is 6.61. The Morgan fingerprint density at radius 1 is 1.29 bits per heavy atom. The summed E-state index contributed by atoms with van der Waals surface area (Å²) in [6.07, 6.45) is 0.103. The first-order valence-electron chi connectivity index (χ1n) is 4.50. The molecule has 0 heterocycles. The molecule has 0 amide bonds. The predicted octanol–water partition coefficient (Wildman–Crippen LogP) is 2.15. The molecule has 0 spiro atoms. The first kappa shape index (κ1) is 10.9. The minimum absolute atomic E-state index is 0.291. The average molecular weight is 201 g/mol. The van der Waals surface area contributed by atoms with Crippen LogP contribution in [0.1, 0.15) is 13.3 Å². The number of benzene rings is 1. The fourth-order valence-electron chi connectivity index (χ4n) is 1.04. The second-order valence-corrected chi connectivity index (χ2v) is 3.10. The monoisotopic (exact) mass is 201 g/mol. The van der Waals surface area contributed by atoms with Crippen LogP contribution in [-0.4, -0.2) is 17.8 Å². The molecule has 0 saturated carbocycles. The summed E-state index contributed by atoms with van der Waals surface area (Å²) in [6, 6.07) is 3.18. The molecule has 1 rings (SSSR count). The summed E-state index contributed by atoms with van der Waals surface area (Å²) in [6.45, 7) is 2.12. The molecule has 0 bridgehead atoms. The molecule has 2 nitrogen and oxygen atoms in total. The van der Waals surface area contributed by atoms with E-state index in [1.807, 2.05) is 6.92 Å². The maximum absolute atomic E-state index is 12.7. The predicted molar refractivity (Wildman–Crippen MR) is 51.1 cm³/mol. The number of hydrogen-bond donors (Lipinski definition) is 2. The standard InChI is InChI=1S/C10H13F2NO/c1-2-10(14)6-13-9-4-7(11)3-8(12)5-9/h3-5,10,13-14H,2,6H2,1H3. The number of anilines is 1. The zero-order chi connectivity index (χ0) is 10.6. The van der Waals surface area contributed by atoms with Crippen molar-refractivity contribution >= 4 is 5.69 Å². The zero-order valence-corrected chi connectivity index (χ0v) is 7.93. The number of halogens is 2. The Bertz CT molecular complexity index is 284. The van der Waals surface area contributed by atoms with Gasteiger partial charge in [0.1, 0.15) is 11.6 Å². The van der Waals surface area contributed by atoms with Crippen molar-refractivity contribution in [1.82, 2.24) is 0 Å². The second kappa shape index (κ2) is 4.91. The lowest BCUT2D eigenvalue weighted by atomic mass is 10.2. The lowest BCUT2D eigenvalue weighted by molar-refractivity contribution is 0.183. The molecule has 0 aliphatic heterocycles. The Labute approximate surface area is 81.6 Å². The van der Waals surface area contributed by atoms with Crippen LogP contribution in [0.2, 0.25) is 0 Å². The average Bonchev–Trinajstić information content (AvgIpc) is 2.12. The van der Waals surface area contributed by atoms with E-state index in [2.05, 4.69) is 5.32 Å². The zero-order valence-electron chi connectivity index (χ0n) is 7.93. The number of aliphatic hydroxyl groups is 1. The third kappa shape index (κ3) is 3.30. The van der Waals surface area contributed by atoms with Gasteiger partial charge in [0, 0.05) is 18.3 Å². The van der Waals surface area contributed by atoms with Crippen molar-refractivity contribution in [2.24, 2.45) is 0 Å². The van der Waals surface area contributed by atoms with Crippen molar-refractivity contribution in [2.75, 3.05) is 11.9 Å². The summed E-state index contributed by atoms with van der Waals surface area (Å²) in [5.41, 5.74) is 0.343. The third-order valence-electron chi connectivity index (χ3n) is 1.88. The molecule has 0 fully saturated rings. The van der Waals surface area contributed by atoms with Crippen LogP contribution in [0.3, 0.4) is 0 Å². The van der Waals surface area contributed by atoms with Crippen molar-refractivity contribution in [3.63, 3.8) is 0 Å². The summed E-state index contributed by atoms with van der Waals surface area (Å²) in [4.78, 5) is 0. The smallest absolute Gasteiger partial charge is 0.128 e. The highest BCUT2D eigenvalue weighted by Crippen LogP contribution is 2.12. The van der Waals surface area contributed by atoms with Crippen molar-refractivity contribution in [3.05, 3.63) is 29.8 Å². The molecule has 1 atom stereocenters. The third-order valence-corrected chi connectivity index (χ3v) is 1.88. The molecule has 0 aliphatic carbocycles. The molecule has 0 saturated heterocycles. The molecule has 14 heavy (non-hydrogen) atoms. The number of aliphatic hydroxyl groups excluding tert-OH is 1. The minimum Gasteiger partial charge on any atom is -0.391 e. The van der Waals surface area contributed by atoms with Crippen LogP contribution in [-0.2, 0) is 0 Å². The molecule has 1 unspecified atom stereocenters. The Kier molecular flexibility index (Phi) is 3.83. The highest BCUT2D eigenvalue weighted by atomic mass is 19.1. The van der Waals surface area contributed by atoms with E-state index >= 15 is 0 Å². The van der Waals surface area contributed by atoms with Crippen molar-refractivity contribution < 1.29 is 13.9 Å². The molecule has 0 aliphatic rings. The fraction of sp³-hybridized carbons (Fsp3) is 0.400. The summed E-state index contributed by atoms with van der Waals surface area (Å²) in [5, 5.41) is 12.0. The van der Waals surface area contributed by atoms with Crippen LogP contribution in [0, 0.1) is 11.6 Å². The maximum atomic E-state index is 12.7. The van der Waals surface area contributed by atoms with Gasteiger partial charge < -0.3 is 10.4 Å². The van der Waals surface area contributed by atoms with Crippen LogP contribution in [0.4, 0.5) is 14.5 Å². The summed E-state index contributed by atoms with van der Waals surface area (Å²) < 4.78 is 25.4. The molecular weight excluding hydrogens is 188 g/mol. The van der Waals surface area contributed by atoms with E-state index in [9.17, 15) is 13.9 Å². The molecular formula is C10H13F2NO. The molecule has 78 valence electrons. The van der Waals surface area contributed by atoms with Crippen molar-refractivity contribution in [3.8, 4) is 0 Å². The van der Waals surface area contributed by atoms with Gasteiger partial charge in [-0.15, -0.1) is 0 Å². The van der Waals surface area contributed by atoms with Gasteiger partial charge in [0.05, 0.1) is 6.10 Å². The number of rotatable bonds is 4.